The van der Waals surface area contributed by atoms with Gasteiger partial charge in [0.05, 0.1) is 6.54 Å². The van der Waals surface area contributed by atoms with Crippen LogP contribution in [0.2, 0.25) is 0 Å². The monoisotopic (exact) mass is 271 g/mol. The van der Waals surface area contributed by atoms with Crippen LogP contribution in [-0.4, -0.2) is 29.2 Å². The van der Waals surface area contributed by atoms with Gasteiger partial charge in [-0.25, -0.2) is 0 Å². The molecule has 2 aromatic heterocycles. The van der Waals surface area contributed by atoms with E-state index in [-0.39, 0.29) is 0 Å². The fourth-order valence-corrected chi connectivity index (χ4v) is 1.42. The van der Waals surface area contributed by atoms with Gasteiger partial charge >= 0.3 is 0 Å². The van der Waals surface area contributed by atoms with Crippen LogP contribution in [0.5, 0.6) is 0 Å². The average Bonchev–Trinajstić information content (AvgIpc) is 2.72. The first-order valence-corrected chi connectivity index (χ1v) is 5.17. The summed E-state index contributed by atoms with van der Waals surface area (Å²) in [6, 6.07) is 3.56. The Morgan fingerprint density at radius 3 is 2.67 bits per heavy atom. The molecule has 0 bridgehead atoms. The fraction of sp³-hybridized carbons (Fsp3) is 0.333. The van der Waals surface area contributed by atoms with Crippen LogP contribution in [0.1, 0.15) is 5.89 Å². The summed E-state index contributed by atoms with van der Waals surface area (Å²) >= 11 is 3.21. The van der Waals surface area contributed by atoms with Crippen LogP contribution in [0.4, 0.5) is 0 Å². The summed E-state index contributed by atoms with van der Waals surface area (Å²) in [7, 11) is 3.88. The van der Waals surface area contributed by atoms with Gasteiger partial charge in [0.1, 0.15) is 0 Å². The summed E-state index contributed by atoms with van der Waals surface area (Å²) in [4.78, 5) is 1.95. The van der Waals surface area contributed by atoms with Crippen LogP contribution in [0, 0.1) is 0 Å². The van der Waals surface area contributed by atoms with Gasteiger partial charge in [0.2, 0.25) is 5.89 Å². The lowest BCUT2D eigenvalue weighted by molar-refractivity contribution is 0.342. The Balaban J connectivity index is 2.20. The molecule has 0 N–H and O–H groups in total. The predicted molar refractivity (Wildman–Crippen MR) is 57.1 cm³/mol. The number of rotatable bonds is 3. The Labute approximate surface area is 95.2 Å². The van der Waals surface area contributed by atoms with Gasteiger partial charge in [0, 0.05) is 0 Å². The molecule has 0 aliphatic heterocycles. The van der Waals surface area contributed by atoms with Crippen molar-refractivity contribution in [2.75, 3.05) is 14.1 Å². The van der Waals surface area contributed by atoms with Crippen LogP contribution >= 0.6 is 15.9 Å². The Hall–Kier alpha value is -1.14. The van der Waals surface area contributed by atoms with Crippen molar-refractivity contribution < 1.29 is 8.83 Å². The van der Waals surface area contributed by atoms with Crippen LogP contribution in [0.25, 0.3) is 11.7 Å². The van der Waals surface area contributed by atoms with Crippen LogP contribution < -0.4 is 0 Å². The van der Waals surface area contributed by atoms with E-state index in [1.807, 2.05) is 19.0 Å². The maximum atomic E-state index is 5.42. The highest BCUT2D eigenvalue weighted by Crippen LogP contribution is 2.23. The lowest BCUT2D eigenvalue weighted by Crippen LogP contribution is -2.10. The van der Waals surface area contributed by atoms with Gasteiger partial charge in [-0.15, -0.1) is 10.2 Å². The topological polar surface area (TPSA) is 55.3 Å². The Morgan fingerprint density at radius 1 is 1.27 bits per heavy atom. The van der Waals surface area contributed by atoms with Gasteiger partial charge in [-0.2, -0.15) is 0 Å². The molecule has 5 nitrogen and oxygen atoms in total. The van der Waals surface area contributed by atoms with Crippen molar-refractivity contribution in [3.8, 4) is 11.7 Å². The lowest BCUT2D eigenvalue weighted by atomic mass is 10.4. The third-order valence-corrected chi connectivity index (χ3v) is 2.13. The minimum absolute atomic E-state index is 0.401. The SMILES string of the molecule is CN(C)Cc1nnc(-c2ccc(Br)o2)o1. The van der Waals surface area contributed by atoms with E-state index in [2.05, 4.69) is 26.1 Å². The molecule has 6 heteroatoms. The molecular formula is C9H10BrN3O2. The van der Waals surface area contributed by atoms with Crippen molar-refractivity contribution in [1.82, 2.24) is 15.1 Å². The minimum Gasteiger partial charge on any atom is -0.444 e. The van der Waals surface area contributed by atoms with Crippen molar-refractivity contribution >= 4 is 15.9 Å². The maximum absolute atomic E-state index is 5.42. The maximum Gasteiger partial charge on any atom is 0.283 e. The van der Waals surface area contributed by atoms with Crippen molar-refractivity contribution in [1.29, 1.82) is 0 Å². The van der Waals surface area contributed by atoms with Crippen LogP contribution in [0.15, 0.2) is 25.6 Å². The number of nitrogens with zero attached hydrogens (tertiary/aromatic N) is 3. The zero-order valence-electron chi connectivity index (χ0n) is 8.40. The lowest BCUT2D eigenvalue weighted by Gasteiger charge is -2.03. The zero-order chi connectivity index (χ0) is 10.8. The molecule has 2 aromatic rings. The third-order valence-electron chi connectivity index (χ3n) is 1.70. The quantitative estimate of drug-likeness (QED) is 0.856. The van der Waals surface area contributed by atoms with E-state index in [9.17, 15) is 0 Å². The molecule has 15 heavy (non-hydrogen) atoms. The van der Waals surface area contributed by atoms with E-state index in [4.69, 9.17) is 8.83 Å². The van der Waals surface area contributed by atoms with Crippen molar-refractivity contribution in [3.63, 3.8) is 0 Å². The van der Waals surface area contributed by atoms with Gasteiger partial charge < -0.3 is 13.7 Å². The molecule has 0 radical (unpaired) electrons. The van der Waals surface area contributed by atoms with E-state index in [1.54, 1.807) is 12.1 Å². The number of hydrogen-bond acceptors (Lipinski definition) is 5. The summed E-state index contributed by atoms with van der Waals surface area (Å²) in [5.74, 6) is 1.54. The zero-order valence-corrected chi connectivity index (χ0v) is 9.98. The molecule has 2 rings (SSSR count). The summed E-state index contributed by atoms with van der Waals surface area (Å²) < 4.78 is 11.4. The van der Waals surface area contributed by atoms with Gasteiger partial charge in [0.25, 0.3) is 5.89 Å². The first-order valence-electron chi connectivity index (χ1n) is 4.38. The molecular weight excluding hydrogens is 262 g/mol. The molecule has 80 valence electrons. The first kappa shape index (κ1) is 10.4. The van der Waals surface area contributed by atoms with Crippen molar-refractivity contribution in [3.05, 3.63) is 22.7 Å². The second-order valence-corrected chi connectivity index (χ2v) is 4.12. The smallest absolute Gasteiger partial charge is 0.283 e. The highest BCUT2D eigenvalue weighted by atomic mass is 79.9. The van der Waals surface area contributed by atoms with E-state index in [0.717, 1.165) is 0 Å². The molecule has 2 heterocycles. The molecule has 0 saturated carbocycles. The highest BCUT2D eigenvalue weighted by Gasteiger charge is 2.12. The number of furan rings is 1. The van der Waals surface area contributed by atoms with Crippen LogP contribution in [0.3, 0.4) is 0 Å². The Kier molecular flexibility index (Phi) is 2.88. The predicted octanol–water partition coefficient (Wildman–Crippen LogP) is 2.15. The van der Waals surface area contributed by atoms with E-state index in [1.165, 1.54) is 0 Å². The molecule has 0 aromatic carbocycles. The summed E-state index contributed by atoms with van der Waals surface area (Å²) in [6.07, 6.45) is 0. The van der Waals surface area contributed by atoms with Crippen molar-refractivity contribution in [2.45, 2.75) is 6.54 Å². The molecule has 0 atom stereocenters. The average molecular weight is 272 g/mol. The summed E-state index contributed by atoms with van der Waals surface area (Å²) in [5, 5.41) is 7.80. The Morgan fingerprint density at radius 2 is 2.07 bits per heavy atom. The summed E-state index contributed by atoms with van der Waals surface area (Å²) in [6.45, 7) is 0.620. The van der Waals surface area contributed by atoms with Crippen molar-refractivity contribution in [2.24, 2.45) is 0 Å². The number of halogens is 1. The molecule has 0 fully saturated rings. The van der Waals surface area contributed by atoms with Gasteiger partial charge in [-0.1, -0.05) is 0 Å². The van der Waals surface area contributed by atoms with E-state index in [0.29, 0.717) is 28.8 Å². The Bertz CT molecular complexity index is 450. The molecule has 0 aliphatic rings. The largest absolute Gasteiger partial charge is 0.444 e. The molecule has 0 amide bonds. The molecule has 0 saturated heterocycles. The minimum atomic E-state index is 0.401. The van der Waals surface area contributed by atoms with Gasteiger partial charge in [-0.3, -0.25) is 0 Å². The standard InChI is InChI=1S/C9H10BrN3O2/c1-13(2)5-8-11-12-9(15-8)6-3-4-7(10)14-6/h3-4H,5H2,1-2H3. The molecule has 0 unspecified atom stereocenters. The fourth-order valence-electron chi connectivity index (χ4n) is 1.12. The van der Waals surface area contributed by atoms with E-state index >= 15 is 0 Å². The number of hydrogen-bond donors (Lipinski definition) is 0. The van der Waals surface area contributed by atoms with Gasteiger partial charge in [0.15, 0.2) is 10.4 Å². The number of aromatic nitrogens is 2. The third kappa shape index (κ3) is 2.45. The first-order chi connectivity index (χ1) is 7.15. The van der Waals surface area contributed by atoms with Gasteiger partial charge in [-0.05, 0) is 42.2 Å². The molecule has 0 aliphatic carbocycles. The highest BCUT2D eigenvalue weighted by molar-refractivity contribution is 9.10. The second kappa shape index (κ2) is 4.16. The normalized spacial score (nSPS) is 11.2. The summed E-state index contributed by atoms with van der Waals surface area (Å²) in [5.41, 5.74) is 0. The van der Waals surface area contributed by atoms with E-state index < -0.39 is 0 Å². The second-order valence-electron chi connectivity index (χ2n) is 3.34. The molecule has 0 spiro atoms. The van der Waals surface area contributed by atoms with Crippen LogP contribution in [-0.2, 0) is 6.54 Å².